The maximum Gasteiger partial charge on any atom is 0.125 e. The number of para-hydroxylation sites is 1. The molecule has 0 saturated carbocycles. The summed E-state index contributed by atoms with van der Waals surface area (Å²) in [5, 5.41) is 0. The Kier molecular flexibility index (Phi) is 7.43. The summed E-state index contributed by atoms with van der Waals surface area (Å²) >= 11 is 0. The average Bonchev–Trinajstić information content (AvgIpc) is 2.57. The summed E-state index contributed by atoms with van der Waals surface area (Å²) < 4.78 is 22.4. The lowest BCUT2D eigenvalue weighted by atomic mass is 10.1. The highest BCUT2D eigenvalue weighted by Crippen LogP contribution is 2.22. The molecule has 0 aromatic heterocycles. The van der Waals surface area contributed by atoms with E-state index >= 15 is 0 Å². The Morgan fingerprint density at radius 3 is 1.96 bits per heavy atom. The highest BCUT2D eigenvalue weighted by atomic mass is 16.5. The molecule has 2 aromatic rings. The van der Waals surface area contributed by atoms with Crippen molar-refractivity contribution in [2.45, 2.75) is 20.8 Å². The summed E-state index contributed by atoms with van der Waals surface area (Å²) in [6.45, 7) is 8.80. The van der Waals surface area contributed by atoms with Gasteiger partial charge in [-0.3, -0.25) is 0 Å². The molecule has 0 N–H and O–H groups in total. The highest BCUT2D eigenvalue weighted by molar-refractivity contribution is 5.39. The summed E-state index contributed by atoms with van der Waals surface area (Å²) in [5.41, 5.74) is 2.29. The van der Waals surface area contributed by atoms with Crippen LogP contribution in [0.4, 0.5) is 0 Å². The zero-order valence-corrected chi connectivity index (χ0v) is 14.7. The molecule has 2 aromatic carbocycles. The van der Waals surface area contributed by atoms with Crippen LogP contribution in [0.5, 0.6) is 17.2 Å². The number of aryl methyl sites for hydroxylation is 2. The van der Waals surface area contributed by atoms with Crippen LogP contribution in [-0.2, 0) is 4.74 Å². The van der Waals surface area contributed by atoms with E-state index in [1.54, 1.807) is 0 Å². The first-order chi connectivity index (χ1) is 11.7. The second-order valence-electron chi connectivity index (χ2n) is 5.44. The van der Waals surface area contributed by atoms with E-state index in [2.05, 4.69) is 0 Å². The van der Waals surface area contributed by atoms with Crippen molar-refractivity contribution in [3.05, 3.63) is 53.6 Å². The van der Waals surface area contributed by atoms with E-state index in [0.29, 0.717) is 33.0 Å². The standard InChI is InChI=1S/C20H26O4/c1-4-22-18-9-6-10-19(15-18)23-13-11-21-12-14-24-20-16(2)7-5-8-17(20)3/h5-10,15H,4,11-14H2,1-3H3. The van der Waals surface area contributed by atoms with E-state index in [1.807, 2.05) is 63.2 Å². The predicted octanol–water partition coefficient (Wildman–Crippen LogP) is 4.18. The normalized spacial score (nSPS) is 10.5. The lowest BCUT2D eigenvalue weighted by Crippen LogP contribution is -2.12. The second kappa shape index (κ2) is 9.83. The van der Waals surface area contributed by atoms with Crippen LogP contribution in [-0.4, -0.2) is 33.0 Å². The first kappa shape index (κ1) is 18.1. The monoisotopic (exact) mass is 330 g/mol. The molecular formula is C20H26O4. The summed E-state index contributed by atoms with van der Waals surface area (Å²) in [4.78, 5) is 0. The third-order valence-corrected chi connectivity index (χ3v) is 3.50. The van der Waals surface area contributed by atoms with Gasteiger partial charge < -0.3 is 18.9 Å². The quantitative estimate of drug-likeness (QED) is 0.613. The minimum Gasteiger partial charge on any atom is -0.494 e. The van der Waals surface area contributed by atoms with E-state index in [0.717, 1.165) is 28.4 Å². The van der Waals surface area contributed by atoms with Gasteiger partial charge in [0.15, 0.2) is 0 Å². The van der Waals surface area contributed by atoms with Crippen LogP contribution < -0.4 is 14.2 Å². The van der Waals surface area contributed by atoms with E-state index < -0.39 is 0 Å². The SMILES string of the molecule is CCOc1cccc(OCCOCCOc2c(C)cccc2C)c1. The molecule has 0 heterocycles. The summed E-state index contributed by atoms with van der Waals surface area (Å²) in [7, 11) is 0. The van der Waals surface area contributed by atoms with Crippen molar-refractivity contribution in [1.29, 1.82) is 0 Å². The van der Waals surface area contributed by atoms with E-state index in [1.165, 1.54) is 0 Å². The third-order valence-electron chi connectivity index (χ3n) is 3.50. The molecule has 0 aliphatic carbocycles. The molecule has 0 atom stereocenters. The van der Waals surface area contributed by atoms with Crippen LogP contribution in [0.1, 0.15) is 18.1 Å². The molecule has 130 valence electrons. The zero-order chi connectivity index (χ0) is 17.2. The Bertz CT molecular complexity index is 605. The zero-order valence-electron chi connectivity index (χ0n) is 14.7. The molecule has 0 saturated heterocycles. The van der Waals surface area contributed by atoms with Crippen molar-refractivity contribution in [2.24, 2.45) is 0 Å². The van der Waals surface area contributed by atoms with Crippen molar-refractivity contribution < 1.29 is 18.9 Å². The molecule has 24 heavy (non-hydrogen) atoms. The van der Waals surface area contributed by atoms with Crippen LogP contribution in [0.2, 0.25) is 0 Å². The van der Waals surface area contributed by atoms with Gasteiger partial charge in [-0.1, -0.05) is 24.3 Å². The number of hydrogen-bond acceptors (Lipinski definition) is 4. The van der Waals surface area contributed by atoms with Crippen molar-refractivity contribution in [2.75, 3.05) is 33.0 Å². The van der Waals surface area contributed by atoms with Gasteiger partial charge in [-0.05, 0) is 44.0 Å². The minimum atomic E-state index is 0.499. The van der Waals surface area contributed by atoms with Gasteiger partial charge in [0.1, 0.15) is 30.5 Å². The molecule has 2 rings (SSSR count). The molecule has 0 aliphatic heterocycles. The topological polar surface area (TPSA) is 36.9 Å². The van der Waals surface area contributed by atoms with Gasteiger partial charge in [-0.25, -0.2) is 0 Å². The predicted molar refractivity (Wildman–Crippen MR) is 95.3 cm³/mol. The average molecular weight is 330 g/mol. The van der Waals surface area contributed by atoms with Gasteiger partial charge >= 0.3 is 0 Å². The van der Waals surface area contributed by atoms with Crippen molar-refractivity contribution in [1.82, 2.24) is 0 Å². The number of hydrogen-bond donors (Lipinski definition) is 0. The number of rotatable bonds is 10. The minimum absolute atomic E-state index is 0.499. The number of benzene rings is 2. The van der Waals surface area contributed by atoms with Crippen molar-refractivity contribution >= 4 is 0 Å². The Labute approximate surface area is 144 Å². The Hall–Kier alpha value is -2.20. The lowest BCUT2D eigenvalue weighted by Gasteiger charge is -2.12. The molecule has 0 radical (unpaired) electrons. The summed E-state index contributed by atoms with van der Waals surface area (Å²) in [6.07, 6.45) is 0. The molecule has 0 bridgehead atoms. The highest BCUT2D eigenvalue weighted by Gasteiger charge is 2.02. The van der Waals surface area contributed by atoms with Crippen LogP contribution >= 0.6 is 0 Å². The summed E-state index contributed by atoms with van der Waals surface area (Å²) in [6, 6.07) is 13.8. The van der Waals surface area contributed by atoms with Gasteiger partial charge in [-0.15, -0.1) is 0 Å². The smallest absolute Gasteiger partial charge is 0.125 e. The van der Waals surface area contributed by atoms with Gasteiger partial charge in [-0.2, -0.15) is 0 Å². The first-order valence-electron chi connectivity index (χ1n) is 8.33. The van der Waals surface area contributed by atoms with Gasteiger partial charge in [0, 0.05) is 6.07 Å². The first-order valence-corrected chi connectivity index (χ1v) is 8.33. The van der Waals surface area contributed by atoms with Crippen molar-refractivity contribution in [3.63, 3.8) is 0 Å². The fourth-order valence-corrected chi connectivity index (χ4v) is 2.37. The maximum atomic E-state index is 5.79. The Morgan fingerprint density at radius 1 is 0.708 bits per heavy atom. The largest absolute Gasteiger partial charge is 0.494 e. The molecule has 0 spiro atoms. The van der Waals surface area contributed by atoms with E-state index in [9.17, 15) is 0 Å². The lowest BCUT2D eigenvalue weighted by molar-refractivity contribution is 0.0760. The van der Waals surface area contributed by atoms with E-state index in [-0.39, 0.29) is 0 Å². The Balaban J connectivity index is 1.61. The molecular weight excluding hydrogens is 304 g/mol. The number of ether oxygens (including phenoxy) is 4. The summed E-state index contributed by atoms with van der Waals surface area (Å²) in [5.74, 6) is 2.55. The molecule has 0 unspecified atom stereocenters. The Morgan fingerprint density at radius 2 is 1.29 bits per heavy atom. The molecule has 4 heteroatoms. The van der Waals surface area contributed by atoms with E-state index in [4.69, 9.17) is 18.9 Å². The molecule has 4 nitrogen and oxygen atoms in total. The van der Waals surface area contributed by atoms with Crippen molar-refractivity contribution in [3.8, 4) is 17.2 Å². The van der Waals surface area contributed by atoms with Crippen LogP contribution in [0.3, 0.4) is 0 Å². The van der Waals surface area contributed by atoms with Crippen LogP contribution in [0.15, 0.2) is 42.5 Å². The molecule has 0 amide bonds. The third kappa shape index (κ3) is 5.78. The molecule has 0 aliphatic rings. The maximum absolute atomic E-state index is 5.79. The van der Waals surface area contributed by atoms with Gasteiger partial charge in [0.2, 0.25) is 0 Å². The fourth-order valence-electron chi connectivity index (χ4n) is 2.37. The molecule has 0 fully saturated rings. The van der Waals surface area contributed by atoms with Crippen LogP contribution in [0.25, 0.3) is 0 Å². The van der Waals surface area contributed by atoms with Crippen LogP contribution in [0, 0.1) is 13.8 Å². The fraction of sp³-hybridized carbons (Fsp3) is 0.400. The second-order valence-corrected chi connectivity index (χ2v) is 5.44. The van der Waals surface area contributed by atoms with Gasteiger partial charge in [0.05, 0.1) is 19.8 Å². The van der Waals surface area contributed by atoms with Gasteiger partial charge in [0.25, 0.3) is 0 Å².